The van der Waals surface area contributed by atoms with Crippen LogP contribution in [0.4, 0.5) is 11.4 Å². The molecule has 1 amide bonds. The molecular formula is C12H12N6O2. The molecule has 0 unspecified atom stereocenters. The average molecular weight is 272 g/mol. The zero-order chi connectivity index (χ0) is 14.1. The molecule has 1 aromatic carbocycles. The number of nitrogens with one attached hydrogen (secondary N) is 3. The Bertz CT molecular complexity index is 828. The van der Waals surface area contributed by atoms with Gasteiger partial charge in [0.2, 0.25) is 5.91 Å². The maximum atomic E-state index is 11.8. The van der Waals surface area contributed by atoms with E-state index in [1.165, 1.54) is 10.9 Å². The summed E-state index contributed by atoms with van der Waals surface area (Å²) in [5, 5.41) is 6.65. The monoisotopic (exact) mass is 272 g/mol. The smallest absolute Gasteiger partial charge is 0.323 e. The van der Waals surface area contributed by atoms with Gasteiger partial charge in [0, 0.05) is 11.9 Å². The number of amides is 1. The number of aromatic amines is 2. The van der Waals surface area contributed by atoms with E-state index in [2.05, 4.69) is 20.4 Å². The Balaban J connectivity index is 1.75. The summed E-state index contributed by atoms with van der Waals surface area (Å²) in [6, 6.07) is 5.11. The molecule has 20 heavy (non-hydrogen) atoms. The van der Waals surface area contributed by atoms with Gasteiger partial charge in [-0.15, -0.1) is 0 Å². The number of H-pyrrole nitrogens is 2. The summed E-state index contributed by atoms with van der Waals surface area (Å²) in [6.07, 6.45) is 3.05. The van der Waals surface area contributed by atoms with Crippen LogP contribution in [0.15, 0.2) is 35.4 Å². The van der Waals surface area contributed by atoms with E-state index in [9.17, 15) is 9.59 Å². The van der Waals surface area contributed by atoms with E-state index < -0.39 is 0 Å². The lowest BCUT2D eigenvalue weighted by atomic mass is 10.3. The Labute approximate surface area is 112 Å². The van der Waals surface area contributed by atoms with Gasteiger partial charge in [-0.3, -0.25) is 9.48 Å². The summed E-state index contributed by atoms with van der Waals surface area (Å²) in [6.45, 7) is 0.0683. The summed E-state index contributed by atoms with van der Waals surface area (Å²) in [4.78, 5) is 28.2. The van der Waals surface area contributed by atoms with E-state index in [1.54, 1.807) is 24.4 Å². The number of hydrogen-bond acceptors (Lipinski definition) is 4. The van der Waals surface area contributed by atoms with E-state index in [0.29, 0.717) is 22.4 Å². The van der Waals surface area contributed by atoms with Crippen molar-refractivity contribution in [1.29, 1.82) is 0 Å². The molecule has 3 rings (SSSR count). The zero-order valence-corrected chi connectivity index (χ0v) is 10.4. The number of nitrogens with zero attached hydrogens (tertiary/aromatic N) is 2. The van der Waals surface area contributed by atoms with Crippen molar-refractivity contribution in [2.24, 2.45) is 0 Å². The first kappa shape index (κ1) is 12.0. The number of aromatic nitrogens is 4. The molecule has 102 valence electrons. The Morgan fingerprint density at radius 1 is 1.35 bits per heavy atom. The van der Waals surface area contributed by atoms with Gasteiger partial charge in [0.15, 0.2) is 0 Å². The van der Waals surface area contributed by atoms with Gasteiger partial charge in [-0.05, 0) is 18.2 Å². The number of rotatable bonds is 3. The number of carbonyl (C=O) groups is 1. The quantitative estimate of drug-likeness (QED) is 0.546. The highest BCUT2D eigenvalue weighted by Gasteiger charge is 2.06. The molecule has 0 radical (unpaired) electrons. The minimum atomic E-state index is -0.282. The van der Waals surface area contributed by atoms with Crippen molar-refractivity contribution in [3.8, 4) is 0 Å². The Hall–Kier alpha value is -3.03. The summed E-state index contributed by atoms with van der Waals surface area (Å²) in [5.74, 6) is -0.231. The van der Waals surface area contributed by atoms with Crippen molar-refractivity contribution >= 4 is 28.3 Å². The molecular weight excluding hydrogens is 260 g/mol. The molecule has 8 heteroatoms. The largest absolute Gasteiger partial charge is 0.396 e. The van der Waals surface area contributed by atoms with Crippen molar-refractivity contribution in [3.05, 3.63) is 41.1 Å². The summed E-state index contributed by atoms with van der Waals surface area (Å²) in [7, 11) is 0. The first-order chi connectivity index (χ1) is 9.60. The van der Waals surface area contributed by atoms with Gasteiger partial charge in [0.1, 0.15) is 6.54 Å². The fourth-order valence-corrected chi connectivity index (χ4v) is 1.92. The maximum Gasteiger partial charge on any atom is 0.323 e. The van der Waals surface area contributed by atoms with Crippen molar-refractivity contribution in [2.75, 3.05) is 11.1 Å². The Morgan fingerprint density at radius 3 is 2.90 bits per heavy atom. The van der Waals surface area contributed by atoms with E-state index in [0.717, 1.165) is 0 Å². The van der Waals surface area contributed by atoms with Crippen molar-refractivity contribution < 1.29 is 4.79 Å². The number of anilines is 2. The number of carbonyl (C=O) groups excluding carboxylic acids is 1. The molecule has 3 aromatic rings. The van der Waals surface area contributed by atoms with Crippen LogP contribution in [-0.4, -0.2) is 25.7 Å². The number of benzene rings is 1. The van der Waals surface area contributed by atoms with Crippen LogP contribution in [0.5, 0.6) is 0 Å². The molecule has 0 aliphatic heterocycles. The summed E-state index contributed by atoms with van der Waals surface area (Å²) < 4.78 is 1.45. The van der Waals surface area contributed by atoms with Crippen LogP contribution >= 0.6 is 0 Å². The fourth-order valence-electron chi connectivity index (χ4n) is 1.92. The maximum absolute atomic E-state index is 11.8. The van der Waals surface area contributed by atoms with Crippen LogP contribution in [0.3, 0.4) is 0 Å². The lowest BCUT2D eigenvalue weighted by Crippen LogP contribution is -2.18. The van der Waals surface area contributed by atoms with Crippen LogP contribution in [0.2, 0.25) is 0 Å². The van der Waals surface area contributed by atoms with Crippen LogP contribution in [0, 0.1) is 0 Å². The van der Waals surface area contributed by atoms with Crippen molar-refractivity contribution in [1.82, 2.24) is 19.7 Å². The van der Waals surface area contributed by atoms with Gasteiger partial charge in [-0.25, -0.2) is 4.79 Å². The lowest BCUT2D eigenvalue weighted by Gasteiger charge is -2.05. The normalized spacial score (nSPS) is 10.8. The highest BCUT2D eigenvalue weighted by molar-refractivity contribution is 5.92. The molecule has 0 saturated heterocycles. The topological polar surface area (TPSA) is 122 Å². The molecule has 8 nitrogen and oxygen atoms in total. The number of imidazole rings is 1. The number of fused-ring (bicyclic) bond motifs is 1. The van der Waals surface area contributed by atoms with Crippen LogP contribution in [-0.2, 0) is 11.3 Å². The van der Waals surface area contributed by atoms with E-state index in [4.69, 9.17) is 5.73 Å². The second kappa shape index (κ2) is 4.57. The molecule has 2 heterocycles. The molecule has 0 spiro atoms. The van der Waals surface area contributed by atoms with Gasteiger partial charge in [-0.1, -0.05) is 0 Å². The number of nitrogen functional groups attached to an aromatic ring is 1. The second-order valence-electron chi connectivity index (χ2n) is 4.36. The molecule has 0 bridgehead atoms. The van der Waals surface area contributed by atoms with Gasteiger partial charge in [0.05, 0.1) is 22.9 Å². The summed E-state index contributed by atoms with van der Waals surface area (Å²) >= 11 is 0. The highest BCUT2D eigenvalue weighted by atomic mass is 16.2. The molecule has 0 fully saturated rings. The second-order valence-corrected chi connectivity index (χ2v) is 4.36. The first-order valence-corrected chi connectivity index (χ1v) is 5.90. The summed E-state index contributed by atoms with van der Waals surface area (Å²) in [5.41, 5.74) is 7.66. The van der Waals surface area contributed by atoms with E-state index >= 15 is 0 Å². The zero-order valence-electron chi connectivity index (χ0n) is 10.4. The average Bonchev–Trinajstić information content (AvgIpc) is 2.93. The lowest BCUT2D eigenvalue weighted by molar-refractivity contribution is -0.116. The Kier molecular flexibility index (Phi) is 2.75. The minimum absolute atomic E-state index is 0.0683. The third-order valence-electron chi connectivity index (χ3n) is 2.76. The van der Waals surface area contributed by atoms with E-state index in [1.807, 2.05) is 0 Å². The standard InChI is InChI=1S/C12H12N6O2/c13-7-4-14-18(5-7)6-11(19)15-8-1-2-9-10(3-8)17-12(20)16-9/h1-5H,6,13H2,(H,15,19)(H2,16,17,20). The van der Waals surface area contributed by atoms with Crippen LogP contribution < -0.4 is 16.7 Å². The number of nitrogens with two attached hydrogens (primary N) is 1. The molecule has 5 N–H and O–H groups in total. The Morgan fingerprint density at radius 2 is 2.15 bits per heavy atom. The molecule has 2 aromatic heterocycles. The van der Waals surface area contributed by atoms with E-state index in [-0.39, 0.29) is 18.1 Å². The minimum Gasteiger partial charge on any atom is -0.396 e. The predicted octanol–water partition coefficient (Wildman–Crippen LogP) is 0.274. The van der Waals surface area contributed by atoms with Crippen LogP contribution in [0.25, 0.3) is 11.0 Å². The van der Waals surface area contributed by atoms with Gasteiger partial charge >= 0.3 is 5.69 Å². The first-order valence-electron chi connectivity index (χ1n) is 5.90. The fraction of sp³-hybridized carbons (Fsp3) is 0.0833. The van der Waals surface area contributed by atoms with Crippen molar-refractivity contribution in [2.45, 2.75) is 6.54 Å². The predicted molar refractivity (Wildman–Crippen MR) is 74.2 cm³/mol. The van der Waals surface area contributed by atoms with Gasteiger partial charge in [0.25, 0.3) is 0 Å². The molecule has 0 atom stereocenters. The van der Waals surface area contributed by atoms with Gasteiger partial charge < -0.3 is 21.0 Å². The van der Waals surface area contributed by atoms with Crippen molar-refractivity contribution in [3.63, 3.8) is 0 Å². The third-order valence-corrected chi connectivity index (χ3v) is 2.76. The highest BCUT2D eigenvalue weighted by Crippen LogP contribution is 2.14. The number of hydrogen-bond donors (Lipinski definition) is 4. The SMILES string of the molecule is Nc1cnn(CC(=O)Nc2ccc3[nH]c(=O)[nH]c3c2)c1. The van der Waals surface area contributed by atoms with Gasteiger partial charge in [-0.2, -0.15) is 5.10 Å². The third kappa shape index (κ3) is 2.39. The molecule has 0 aliphatic rings. The molecule has 0 saturated carbocycles. The molecule has 0 aliphatic carbocycles. The van der Waals surface area contributed by atoms with Crippen LogP contribution in [0.1, 0.15) is 0 Å².